The van der Waals surface area contributed by atoms with Crippen LogP contribution >= 0.6 is 27.7 Å². The quantitative estimate of drug-likeness (QED) is 0.271. The molecule has 0 fully saturated rings. The SMILES string of the molecule is COc1ccc(Br)cc1SCCN=[N+]=[N-]. The van der Waals surface area contributed by atoms with E-state index in [0.717, 1.165) is 20.9 Å². The Morgan fingerprint density at radius 1 is 1.60 bits per heavy atom. The zero-order valence-electron chi connectivity index (χ0n) is 8.18. The van der Waals surface area contributed by atoms with E-state index >= 15 is 0 Å². The molecule has 0 aliphatic rings. The summed E-state index contributed by atoms with van der Waals surface area (Å²) in [5.74, 6) is 1.58. The van der Waals surface area contributed by atoms with Gasteiger partial charge in [0.25, 0.3) is 0 Å². The smallest absolute Gasteiger partial charge is 0.132 e. The van der Waals surface area contributed by atoms with Gasteiger partial charge in [0.15, 0.2) is 0 Å². The van der Waals surface area contributed by atoms with E-state index in [1.54, 1.807) is 18.9 Å². The van der Waals surface area contributed by atoms with Crippen molar-refractivity contribution in [3.05, 3.63) is 33.1 Å². The molecule has 0 saturated carbocycles. The molecule has 6 heteroatoms. The van der Waals surface area contributed by atoms with Gasteiger partial charge in [-0.2, -0.15) is 0 Å². The van der Waals surface area contributed by atoms with Crippen LogP contribution in [0.25, 0.3) is 10.4 Å². The molecule has 1 aromatic carbocycles. The van der Waals surface area contributed by atoms with Gasteiger partial charge in [-0.25, -0.2) is 0 Å². The molecule has 0 unspecified atom stereocenters. The number of thioether (sulfide) groups is 1. The van der Waals surface area contributed by atoms with Crippen molar-refractivity contribution < 1.29 is 4.74 Å². The van der Waals surface area contributed by atoms with Gasteiger partial charge in [0.1, 0.15) is 5.75 Å². The molecule has 1 aromatic rings. The minimum absolute atomic E-state index is 0.483. The minimum Gasteiger partial charge on any atom is -0.496 e. The molecule has 0 saturated heterocycles. The fraction of sp³-hybridized carbons (Fsp3) is 0.333. The molecule has 80 valence electrons. The third kappa shape index (κ3) is 4.03. The summed E-state index contributed by atoms with van der Waals surface area (Å²) in [6, 6.07) is 5.82. The monoisotopic (exact) mass is 287 g/mol. The number of methoxy groups -OCH3 is 1. The minimum atomic E-state index is 0.483. The molecule has 0 radical (unpaired) electrons. The van der Waals surface area contributed by atoms with Crippen LogP contribution in [0.15, 0.2) is 32.7 Å². The van der Waals surface area contributed by atoms with E-state index in [0.29, 0.717) is 6.54 Å². The number of nitrogens with zero attached hydrogens (tertiary/aromatic N) is 3. The number of azide groups is 1. The molecule has 0 aliphatic heterocycles. The summed E-state index contributed by atoms with van der Waals surface area (Å²) < 4.78 is 6.22. The topological polar surface area (TPSA) is 58.0 Å². The van der Waals surface area contributed by atoms with Crippen LogP contribution in [0.3, 0.4) is 0 Å². The second-order valence-corrected chi connectivity index (χ2v) is 4.65. The molecule has 1 rings (SSSR count). The van der Waals surface area contributed by atoms with E-state index in [4.69, 9.17) is 10.3 Å². The van der Waals surface area contributed by atoms with Crippen molar-refractivity contribution in [2.24, 2.45) is 5.11 Å². The third-order valence-corrected chi connectivity index (χ3v) is 3.15. The number of halogens is 1. The Morgan fingerprint density at radius 3 is 3.07 bits per heavy atom. The largest absolute Gasteiger partial charge is 0.496 e. The van der Waals surface area contributed by atoms with Crippen LogP contribution in [0.2, 0.25) is 0 Å². The molecular weight excluding hydrogens is 278 g/mol. The normalized spacial score (nSPS) is 9.47. The molecule has 0 spiro atoms. The van der Waals surface area contributed by atoms with Crippen LogP contribution in [-0.2, 0) is 0 Å². The second kappa shape index (κ2) is 6.61. The van der Waals surface area contributed by atoms with Crippen LogP contribution < -0.4 is 4.74 Å². The first-order chi connectivity index (χ1) is 7.27. The van der Waals surface area contributed by atoms with Crippen LogP contribution in [0.1, 0.15) is 0 Å². The van der Waals surface area contributed by atoms with Crippen LogP contribution in [0.5, 0.6) is 5.75 Å². The second-order valence-electron chi connectivity index (χ2n) is 2.60. The lowest BCUT2D eigenvalue weighted by Crippen LogP contribution is -1.88. The van der Waals surface area contributed by atoms with Crippen LogP contribution in [0, 0.1) is 0 Å². The van der Waals surface area contributed by atoms with Crippen LogP contribution in [-0.4, -0.2) is 19.4 Å². The van der Waals surface area contributed by atoms with E-state index in [1.165, 1.54) is 0 Å². The highest BCUT2D eigenvalue weighted by molar-refractivity contribution is 9.10. The molecule has 15 heavy (non-hydrogen) atoms. The van der Waals surface area contributed by atoms with Crippen molar-refractivity contribution in [3.63, 3.8) is 0 Å². The molecule has 0 heterocycles. The lowest BCUT2D eigenvalue weighted by atomic mass is 10.3. The van der Waals surface area contributed by atoms with Gasteiger partial charge in [-0.05, 0) is 23.7 Å². The summed E-state index contributed by atoms with van der Waals surface area (Å²) in [7, 11) is 1.64. The maximum atomic E-state index is 8.13. The molecule has 0 atom stereocenters. The van der Waals surface area contributed by atoms with Gasteiger partial charge < -0.3 is 4.74 Å². The Balaban J connectivity index is 2.65. The molecule has 0 amide bonds. The molecular formula is C9H10BrN3OS. The summed E-state index contributed by atoms with van der Waals surface area (Å²) in [6.07, 6.45) is 0. The van der Waals surface area contributed by atoms with E-state index in [2.05, 4.69) is 26.0 Å². The number of benzene rings is 1. The van der Waals surface area contributed by atoms with Gasteiger partial charge in [0, 0.05) is 21.7 Å². The zero-order chi connectivity index (χ0) is 11.1. The first-order valence-corrected chi connectivity index (χ1v) is 6.03. The number of ether oxygens (including phenoxy) is 1. The lowest BCUT2D eigenvalue weighted by molar-refractivity contribution is 0.404. The first-order valence-electron chi connectivity index (χ1n) is 4.25. The maximum absolute atomic E-state index is 8.13. The van der Waals surface area contributed by atoms with E-state index in [9.17, 15) is 0 Å². The summed E-state index contributed by atoms with van der Waals surface area (Å²) in [4.78, 5) is 3.74. The number of hydrogen-bond acceptors (Lipinski definition) is 3. The standard InChI is InChI=1S/C9H10BrN3OS/c1-14-8-3-2-7(10)6-9(8)15-5-4-12-13-11/h2-3,6H,4-5H2,1H3. The van der Waals surface area contributed by atoms with Crippen molar-refractivity contribution in [1.29, 1.82) is 0 Å². The summed E-state index contributed by atoms with van der Waals surface area (Å²) in [5, 5.41) is 3.47. The molecule has 4 nitrogen and oxygen atoms in total. The lowest BCUT2D eigenvalue weighted by Gasteiger charge is -2.07. The molecule has 0 aliphatic carbocycles. The van der Waals surface area contributed by atoms with Gasteiger partial charge in [-0.1, -0.05) is 21.0 Å². The predicted octanol–water partition coefficient (Wildman–Crippen LogP) is 3.86. The van der Waals surface area contributed by atoms with E-state index in [1.807, 2.05) is 18.2 Å². The van der Waals surface area contributed by atoms with E-state index in [-0.39, 0.29) is 0 Å². The van der Waals surface area contributed by atoms with Gasteiger partial charge in [0.2, 0.25) is 0 Å². The fourth-order valence-electron chi connectivity index (χ4n) is 1.00. The van der Waals surface area contributed by atoms with Crippen molar-refractivity contribution in [2.45, 2.75) is 4.90 Å². The zero-order valence-corrected chi connectivity index (χ0v) is 10.6. The van der Waals surface area contributed by atoms with Gasteiger partial charge >= 0.3 is 0 Å². The Morgan fingerprint density at radius 2 is 2.40 bits per heavy atom. The fourth-order valence-corrected chi connectivity index (χ4v) is 2.41. The Kier molecular flexibility index (Phi) is 5.39. The van der Waals surface area contributed by atoms with Crippen molar-refractivity contribution in [3.8, 4) is 5.75 Å². The van der Waals surface area contributed by atoms with Gasteiger partial charge in [-0.3, -0.25) is 0 Å². The highest BCUT2D eigenvalue weighted by Gasteiger charge is 2.03. The summed E-state index contributed by atoms with van der Waals surface area (Å²) >= 11 is 5.00. The Labute approximate surface area is 101 Å². The predicted molar refractivity (Wildman–Crippen MR) is 65.4 cm³/mol. The van der Waals surface area contributed by atoms with Gasteiger partial charge in [0.05, 0.1) is 12.0 Å². The van der Waals surface area contributed by atoms with Crippen molar-refractivity contribution in [2.75, 3.05) is 19.4 Å². The summed E-state index contributed by atoms with van der Waals surface area (Å²) in [6.45, 7) is 0.483. The summed E-state index contributed by atoms with van der Waals surface area (Å²) in [5.41, 5.74) is 8.13. The molecule has 0 bridgehead atoms. The maximum Gasteiger partial charge on any atom is 0.132 e. The van der Waals surface area contributed by atoms with Crippen LogP contribution in [0.4, 0.5) is 0 Å². The average molecular weight is 288 g/mol. The highest BCUT2D eigenvalue weighted by atomic mass is 79.9. The highest BCUT2D eigenvalue weighted by Crippen LogP contribution is 2.31. The number of hydrogen-bond donors (Lipinski definition) is 0. The third-order valence-electron chi connectivity index (χ3n) is 1.64. The number of rotatable bonds is 5. The van der Waals surface area contributed by atoms with Crippen molar-refractivity contribution in [1.82, 2.24) is 0 Å². The molecule has 0 aromatic heterocycles. The van der Waals surface area contributed by atoms with E-state index < -0.39 is 0 Å². The first kappa shape index (κ1) is 12.2. The average Bonchev–Trinajstić information content (AvgIpc) is 2.25. The Hall–Kier alpha value is -0.840. The molecule has 0 N–H and O–H groups in total. The van der Waals surface area contributed by atoms with Crippen molar-refractivity contribution >= 4 is 27.7 Å². The van der Waals surface area contributed by atoms with Gasteiger partial charge in [-0.15, -0.1) is 11.8 Å². The Bertz CT molecular complexity index is 380.